The number of benzene rings is 1. The van der Waals surface area contributed by atoms with Crippen molar-refractivity contribution < 1.29 is 9.18 Å². The normalized spacial score (nSPS) is 24.6. The molecule has 1 heterocycles. The number of amides is 1. The van der Waals surface area contributed by atoms with Gasteiger partial charge in [-0.3, -0.25) is 10.1 Å². The third kappa shape index (κ3) is 2.35. The summed E-state index contributed by atoms with van der Waals surface area (Å²) in [7, 11) is 0. The van der Waals surface area contributed by atoms with Crippen LogP contribution in [-0.2, 0) is 4.79 Å². The topological polar surface area (TPSA) is 32.3 Å². The molecular formula is C17H23FN2O. The Morgan fingerprint density at radius 2 is 2.10 bits per heavy atom. The maximum atomic E-state index is 14.2. The van der Waals surface area contributed by atoms with Gasteiger partial charge in [-0.15, -0.1) is 0 Å². The predicted molar refractivity (Wildman–Crippen MR) is 80.1 cm³/mol. The number of rotatable bonds is 5. The van der Waals surface area contributed by atoms with Crippen molar-refractivity contribution in [2.24, 2.45) is 0 Å². The number of halogens is 1. The predicted octanol–water partition coefficient (Wildman–Crippen LogP) is 3.37. The lowest BCUT2D eigenvalue weighted by molar-refractivity contribution is -0.133. The van der Waals surface area contributed by atoms with Crippen LogP contribution in [0.4, 0.5) is 4.39 Å². The van der Waals surface area contributed by atoms with Gasteiger partial charge in [-0.25, -0.2) is 4.39 Å². The van der Waals surface area contributed by atoms with E-state index in [1.165, 1.54) is 6.07 Å². The average Bonchev–Trinajstić information content (AvgIpc) is 3.21. The van der Waals surface area contributed by atoms with Crippen LogP contribution in [0.25, 0.3) is 0 Å². The molecule has 4 heteroatoms. The highest BCUT2D eigenvalue weighted by Gasteiger charge is 2.60. The molecule has 1 aromatic carbocycles. The molecule has 2 aliphatic rings. The standard InChI is InChI=1S/C17H23FN2O/c1-3-7-12(4-2)20-15(13-8-5-6-9-14(13)18)19-17(10-11-17)16(20)21/h5-6,8-9,12,15,19H,3-4,7,10-11H2,1-2H3. The van der Waals surface area contributed by atoms with Crippen molar-refractivity contribution >= 4 is 5.91 Å². The van der Waals surface area contributed by atoms with Gasteiger partial charge in [-0.1, -0.05) is 38.5 Å². The Labute approximate surface area is 125 Å². The third-order valence-corrected chi connectivity index (χ3v) is 4.77. The zero-order chi connectivity index (χ0) is 15.0. The molecule has 2 fully saturated rings. The van der Waals surface area contributed by atoms with E-state index < -0.39 is 5.54 Å². The van der Waals surface area contributed by atoms with Gasteiger partial charge in [0.2, 0.25) is 5.91 Å². The molecule has 1 aromatic rings. The van der Waals surface area contributed by atoms with Crippen LogP contribution in [-0.4, -0.2) is 22.4 Å². The first-order valence-electron chi connectivity index (χ1n) is 7.98. The van der Waals surface area contributed by atoms with Gasteiger partial charge in [0, 0.05) is 11.6 Å². The van der Waals surface area contributed by atoms with E-state index >= 15 is 0 Å². The van der Waals surface area contributed by atoms with Crippen molar-refractivity contribution in [3.63, 3.8) is 0 Å². The molecule has 1 N–H and O–H groups in total. The second-order valence-corrected chi connectivity index (χ2v) is 6.21. The van der Waals surface area contributed by atoms with Gasteiger partial charge >= 0.3 is 0 Å². The van der Waals surface area contributed by atoms with Crippen molar-refractivity contribution in [1.82, 2.24) is 10.2 Å². The Morgan fingerprint density at radius 3 is 2.67 bits per heavy atom. The van der Waals surface area contributed by atoms with E-state index in [0.29, 0.717) is 5.56 Å². The first-order chi connectivity index (χ1) is 10.1. The molecule has 1 saturated heterocycles. The second kappa shape index (κ2) is 5.41. The molecule has 2 unspecified atom stereocenters. The molecule has 114 valence electrons. The number of carbonyl (C=O) groups excluding carboxylic acids is 1. The first kappa shape index (κ1) is 14.5. The van der Waals surface area contributed by atoms with Crippen LogP contribution < -0.4 is 5.32 Å². The summed E-state index contributed by atoms with van der Waals surface area (Å²) in [5.41, 5.74) is 0.179. The number of nitrogens with one attached hydrogen (secondary N) is 1. The highest BCUT2D eigenvalue weighted by molar-refractivity contribution is 5.92. The Bertz CT molecular complexity index is 541. The fourth-order valence-corrected chi connectivity index (χ4v) is 3.41. The molecule has 1 amide bonds. The van der Waals surface area contributed by atoms with E-state index in [-0.39, 0.29) is 23.9 Å². The van der Waals surface area contributed by atoms with Gasteiger partial charge in [-0.2, -0.15) is 0 Å². The third-order valence-electron chi connectivity index (χ3n) is 4.77. The van der Waals surface area contributed by atoms with Crippen LogP contribution in [0.2, 0.25) is 0 Å². The van der Waals surface area contributed by atoms with Gasteiger partial charge in [0.15, 0.2) is 0 Å². The number of hydrogen-bond donors (Lipinski definition) is 1. The Hall–Kier alpha value is -1.42. The summed E-state index contributed by atoms with van der Waals surface area (Å²) in [6.45, 7) is 4.23. The fraction of sp³-hybridized carbons (Fsp3) is 0.588. The Morgan fingerprint density at radius 1 is 1.38 bits per heavy atom. The van der Waals surface area contributed by atoms with Gasteiger partial charge < -0.3 is 4.90 Å². The van der Waals surface area contributed by atoms with Crippen LogP contribution in [0.5, 0.6) is 0 Å². The molecule has 0 radical (unpaired) electrons. The zero-order valence-corrected chi connectivity index (χ0v) is 12.7. The minimum atomic E-state index is -0.409. The second-order valence-electron chi connectivity index (χ2n) is 6.21. The summed E-state index contributed by atoms with van der Waals surface area (Å²) < 4.78 is 14.2. The lowest BCUT2D eigenvalue weighted by Gasteiger charge is -2.32. The minimum Gasteiger partial charge on any atom is -0.318 e. The van der Waals surface area contributed by atoms with Crippen molar-refractivity contribution in [2.75, 3.05) is 0 Å². The van der Waals surface area contributed by atoms with Gasteiger partial charge in [0.1, 0.15) is 17.5 Å². The lowest BCUT2D eigenvalue weighted by Crippen LogP contribution is -2.40. The molecular weight excluding hydrogens is 267 g/mol. The molecule has 3 rings (SSSR count). The van der Waals surface area contributed by atoms with E-state index in [4.69, 9.17) is 0 Å². The SMILES string of the molecule is CCCC(CC)N1C(=O)C2(CC2)NC1c1ccccc1F. The van der Waals surface area contributed by atoms with Crippen LogP contribution >= 0.6 is 0 Å². The van der Waals surface area contributed by atoms with Crippen LogP contribution in [0.3, 0.4) is 0 Å². The highest BCUT2D eigenvalue weighted by atomic mass is 19.1. The lowest BCUT2D eigenvalue weighted by atomic mass is 10.0. The summed E-state index contributed by atoms with van der Waals surface area (Å²) in [6.07, 6.45) is 4.32. The number of nitrogens with zero attached hydrogens (tertiary/aromatic N) is 1. The van der Waals surface area contributed by atoms with Crippen molar-refractivity contribution in [3.8, 4) is 0 Å². The summed E-state index contributed by atoms with van der Waals surface area (Å²) in [6, 6.07) is 6.96. The number of carbonyl (C=O) groups is 1. The molecule has 3 nitrogen and oxygen atoms in total. The summed E-state index contributed by atoms with van der Waals surface area (Å²) in [5.74, 6) is -0.0760. The number of hydrogen-bond acceptors (Lipinski definition) is 2. The maximum absolute atomic E-state index is 14.2. The van der Waals surface area contributed by atoms with E-state index in [2.05, 4.69) is 19.2 Å². The molecule has 21 heavy (non-hydrogen) atoms. The van der Waals surface area contributed by atoms with Crippen LogP contribution in [0.15, 0.2) is 24.3 Å². The molecule has 1 saturated carbocycles. The summed E-state index contributed by atoms with van der Waals surface area (Å²) in [5, 5.41) is 3.41. The van der Waals surface area contributed by atoms with E-state index in [9.17, 15) is 9.18 Å². The average molecular weight is 290 g/mol. The van der Waals surface area contributed by atoms with Gasteiger partial charge in [0.25, 0.3) is 0 Å². The molecule has 0 bridgehead atoms. The van der Waals surface area contributed by atoms with E-state index in [1.807, 2.05) is 11.0 Å². The quantitative estimate of drug-likeness (QED) is 0.901. The van der Waals surface area contributed by atoms with Crippen molar-refractivity contribution in [2.45, 2.75) is 63.7 Å². The molecule has 1 spiro atoms. The highest BCUT2D eigenvalue weighted by Crippen LogP contribution is 2.47. The van der Waals surface area contributed by atoms with E-state index in [1.54, 1.807) is 12.1 Å². The summed E-state index contributed by atoms with van der Waals surface area (Å²) >= 11 is 0. The first-order valence-corrected chi connectivity index (χ1v) is 7.98. The van der Waals surface area contributed by atoms with Crippen molar-refractivity contribution in [1.29, 1.82) is 0 Å². The van der Waals surface area contributed by atoms with E-state index in [0.717, 1.165) is 32.1 Å². The molecule has 2 atom stereocenters. The van der Waals surface area contributed by atoms with Crippen LogP contribution in [0.1, 0.15) is 57.7 Å². The maximum Gasteiger partial charge on any atom is 0.244 e. The molecule has 1 aliphatic heterocycles. The Kier molecular flexibility index (Phi) is 3.74. The van der Waals surface area contributed by atoms with Crippen LogP contribution in [0, 0.1) is 5.82 Å². The van der Waals surface area contributed by atoms with Gasteiger partial charge in [-0.05, 0) is 31.7 Å². The summed E-state index contributed by atoms with van der Waals surface area (Å²) in [4.78, 5) is 14.7. The minimum absolute atomic E-state index is 0.163. The molecule has 1 aliphatic carbocycles. The fourth-order valence-electron chi connectivity index (χ4n) is 3.41. The van der Waals surface area contributed by atoms with Gasteiger partial charge in [0.05, 0.1) is 0 Å². The van der Waals surface area contributed by atoms with Crippen molar-refractivity contribution in [3.05, 3.63) is 35.6 Å². The largest absolute Gasteiger partial charge is 0.318 e. The smallest absolute Gasteiger partial charge is 0.244 e. The zero-order valence-electron chi connectivity index (χ0n) is 12.7. The Balaban J connectivity index is 1.97. The monoisotopic (exact) mass is 290 g/mol. The molecule has 0 aromatic heterocycles.